The van der Waals surface area contributed by atoms with Gasteiger partial charge in [-0.1, -0.05) is 42.5 Å². The Bertz CT molecular complexity index is 755. The second-order valence-corrected chi connectivity index (χ2v) is 4.89. The molecule has 1 N–H and O–H groups in total. The average Bonchev–Trinajstić information content (AvgIpc) is 2.52. The second kappa shape index (κ2) is 5.94. The van der Waals surface area contributed by atoms with Crippen molar-refractivity contribution in [2.75, 3.05) is 6.61 Å². The minimum absolute atomic E-state index is 0.0851. The van der Waals surface area contributed by atoms with E-state index in [1.54, 1.807) is 12.1 Å². The fourth-order valence-corrected chi connectivity index (χ4v) is 2.24. The molecule has 3 aromatic carbocycles. The van der Waals surface area contributed by atoms with Gasteiger partial charge in [-0.2, -0.15) is 0 Å². The first kappa shape index (κ1) is 13.6. The molecule has 0 saturated carbocycles. The van der Waals surface area contributed by atoms with Gasteiger partial charge in [-0.25, -0.2) is 4.39 Å². The summed E-state index contributed by atoms with van der Waals surface area (Å²) in [7, 11) is 0. The molecule has 0 saturated heterocycles. The molecular weight excluding hydrogens is 267 g/mol. The lowest BCUT2D eigenvalue weighted by Crippen LogP contribution is -2.09. The SMILES string of the molecule is OC(COc1cccc(F)c1)c1ccc2ccccc2c1. The lowest BCUT2D eigenvalue weighted by Gasteiger charge is -2.13. The van der Waals surface area contributed by atoms with E-state index >= 15 is 0 Å². The third kappa shape index (κ3) is 3.20. The first-order valence-electron chi connectivity index (χ1n) is 6.77. The Kier molecular flexibility index (Phi) is 3.84. The Hall–Kier alpha value is -2.39. The average molecular weight is 282 g/mol. The van der Waals surface area contributed by atoms with E-state index in [-0.39, 0.29) is 12.4 Å². The summed E-state index contributed by atoms with van der Waals surface area (Å²) in [4.78, 5) is 0. The van der Waals surface area contributed by atoms with Crippen LogP contribution in [0.15, 0.2) is 66.7 Å². The van der Waals surface area contributed by atoms with Gasteiger partial charge >= 0.3 is 0 Å². The zero-order valence-corrected chi connectivity index (χ0v) is 11.4. The van der Waals surface area contributed by atoms with Crippen LogP contribution in [0.25, 0.3) is 10.8 Å². The topological polar surface area (TPSA) is 29.5 Å². The molecule has 0 fully saturated rings. The predicted molar refractivity (Wildman–Crippen MR) is 80.8 cm³/mol. The molecule has 0 amide bonds. The minimum Gasteiger partial charge on any atom is -0.490 e. The molecule has 3 rings (SSSR count). The number of aliphatic hydroxyl groups is 1. The highest BCUT2D eigenvalue weighted by atomic mass is 19.1. The smallest absolute Gasteiger partial charge is 0.126 e. The fourth-order valence-electron chi connectivity index (χ4n) is 2.24. The van der Waals surface area contributed by atoms with Crippen LogP contribution in [0.3, 0.4) is 0 Å². The van der Waals surface area contributed by atoms with Gasteiger partial charge in [0.15, 0.2) is 0 Å². The Labute approximate surface area is 122 Å². The summed E-state index contributed by atoms with van der Waals surface area (Å²) in [5, 5.41) is 12.4. The van der Waals surface area contributed by atoms with Crippen molar-refractivity contribution in [3.8, 4) is 5.75 Å². The molecule has 0 aliphatic rings. The van der Waals surface area contributed by atoms with Crippen molar-refractivity contribution in [2.24, 2.45) is 0 Å². The summed E-state index contributed by atoms with van der Waals surface area (Å²) in [5.41, 5.74) is 0.783. The van der Waals surface area contributed by atoms with E-state index in [0.717, 1.165) is 16.3 Å². The summed E-state index contributed by atoms with van der Waals surface area (Å²) in [6.07, 6.45) is -0.752. The Morgan fingerprint density at radius 3 is 2.52 bits per heavy atom. The van der Waals surface area contributed by atoms with E-state index in [2.05, 4.69) is 0 Å². The fraction of sp³-hybridized carbons (Fsp3) is 0.111. The molecule has 2 nitrogen and oxygen atoms in total. The Morgan fingerprint density at radius 2 is 1.71 bits per heavy atom. The predicted octanol–water partition coefficient (Wildman–Crippen LogP) is 4.09. The van der Waals surface area contributed by atoms with Crippen molar-refractivity contribution in [2.45, 2.75) is 6.10 Å². The summed E-state index contributed by atoms with van der Waals surface area (Å²) in [5.74, 6) is 0.0579. The molecule has 0 aliphatic carbocycles. The number of hydrogen-bond donors (Lipinski definition) is 1. The van der Waals surface area contributed by atoms with Gasteiger partial charge < -0.3 is 9.84 Å². The molecular formula is C18H15FO2. The molecule has 106 valence electrons. The third-order valence-corrected chi connectivity index (χ3v) is 3.36. The van der Waals surface area contributed by atoms with E-state index < -0.39 is 6.10 Å². The maximum absolute atomic E-state index is 13.0. The maximum atomic E-state index is 13.0. The van der Waals surface area contributed by atoms with E-state index in [0.29, 0.717) is 5.75 Å². The van der Waals surface area contributed by atoms with Crippen LogP contribution >= 0.6 is 0 Å². The van der Waals surface area contributed by atoms with Gasteiger partial charge in [0.2, 0.25) is 0 Å². The molecule has 3 heteroatoms. The molecule has 0 heterocycles. The molecule has 3 aromatic rings. The number of hydrogen-bond acceptors (Lipinski definition) is 2. The number of fused-ring (bicyclic) bond motifs is 1. The van der Waals surface area contributed by atoms with Gasteiger partial charge in [0.1, 0.15) is 24.3 Å². The van der Waals surface area contributed by atoms with Crippen molar-refractivity contribution in [1.82, 2.24) is 0 Å². The minimum atomic E-state index is -0.752. The first-order chi connectivity index (χ1) is 10.2. The number of rotatable bonds is 4. The maximum Gasteiger partial charge on any atom is 0.126 e. The van der Waals surface area contributed by atoms with Crippen LogP contribution in [0, 0.1) is 5.82 Å². The molecule has 0 spiro atoms. The summed E-state index contributed by atoms with van der Waals surface area (Å²) in [6, 6.07) is 19.6. The molecule has 0 aromatic heterocycles. The standard InChI is InChI=1S/C18H15FO2/c19-16-6-3-7-17(11-16)21-12-18(20)15-9-8-13-4-1-2-5-14(13)10-15/h1-11,18,20H,12H2. The van der Waals surface area contributed by atoms with E-state index in [4.69, 9.17) is 4.74 Å². The highest BCUT2D eigenvalue weighted by Crippen LogP contribution is 2.21. The summed E-state index contributed by atoms with van der Waals surface area (Å²) < 4.78 is 18.5. The Morgan fingerprint density at radius 1 is 0.905 bits per heavy atom. The van der Waals surface area contributed by atoms with Crippen molar-refractivity contribution < 1.29 is 14.2 Å². The van der Waals surface area contributed by atoms with Crippen LogP contribution in [0.2, 0.25) is 0 Å². The largest absolute Gasteiger partial charge is 0.490 e. The monoisotopic (exact) mass is 282 g/mol. The number of halogens is 1. The van der Waals surface area contributed by atoms with Crippen LogP contribution in [0.4, 0.5) is 4.39 Å². The lowest BCUT2D eigenvalue weighted by molar-refractivity contribution is 0.108. The van der Waals surface area contributed by atoms with Gasteiger partial charge in [-0.05, 0) is 34.5 Å². The van der Waals surface area contributed by atoms with Crippen molar-refractivity contribution in [1.29, 1.82) is 0 Å². The van der Waals surface area contributed by atoms with Gasteiger partial charge in [0.05, 0.1) is 0 Å². The number of aliphatic hydroxyl groups excluding tert-OH is 1. The van der Waals surface area contributed by atoms with Crippen molar-refractivity contribution in [3.63, 3.8) is 0 Å². The molecule has 1 atom stereocenters. The summed E-state index contributed by atoms with van der Waals surface area (Å²) >= 11 is 0. The van der Waals surface area contributed by atoms with Crippen LogP contribution < -0.4 is 4.74 Å². The van der Waals surface area contributed by atoms with Gasteiger partial charge in [-0.15, -0.1) is 0 Å². The molecule has 0 bridgehead atoms. The zero-order chi connectivity index (χ0) is 14.7. The lowest BCUT2D eigenvalue weighted by atomic mass is 10.0. The van der Waals surface area contributed by atoms with Gasteiger partial charge in [-0.3, -0.25) is 0 Å². The van der Waals surface area contributed by atoms with E-state index in [1.807, 2.05) is 42.5 Å². The third-order valence-electron chi connectivity index (χ3n) is 3.36. The highest BCUT2D eigenvalue weighted by Gasteiger charge is 2.09. The van der Waals surface area contributed by atoms with E-state index in [1.165, 1.54) is 12.1 Å². The van der Waals surface area contributed by atoms with Crippen molar-refractivity contribution in [3.05, 3.63) is 78.1 Å². The normalized spacial score (nSPS) is 12.3. The molecule has 21 heavy (non-hydrogen) atoms. The number of ether oxygens (including phenoxy) is 1. The molecule has 1 unspecified atom stereocenters. The quantitative estimate of drug-likeness (QED) is 0.781. The van der Waals surface area contributed by atoms with Crippen LogP contribution in [0.1, 0.15) is 11.7 Å². The molecule has 0 aliphatic heterocycles. The van der Waals surface area contributed by atoms with E-state index in [9.17, 15) is 9.50 Å². The van der Waals surface area contributed by atoms with Gasteiger partial charge in [0.25, 0.3) is 0 Å². The summed E-state index contributed by atoms with van der Waals surface area (Å²) in [6.45, 7) is 0.0851. The van der Waals surface area contributed by atoms with Crippen LogP contribution in [-0.2, 0) is 0 Å². The molecule has 0 radical (unpaired) electrons. The van der Waals surface area contributed by atoms with Crippen LogP contribution in [-0.4, -0.2) is 11.7 Å². The zero-order valence-electron chi connectivity index (χ0n) is 11.4. The first-order valence-corrected chi connectivity index (χ1v) is 6.77. The Balaban J connectivity index is 1.73. The van der Waals surface area contributed by atoms with Crippen molar-refractivity contribution >= 4 is 10.8 Å². The number of benzene rings is 3. The second-order valence-electron chi connectivity index (χ2n) is 4.89. The van der Waals surface area contributed by atoms with Gasteiger partial charge in [0, 0.05) is 6.07 Å². The highest BCUT2D eigenvalue weighted by molar-refractivity contribution is 5.83. The van der Waals surface area contributed by atoms with Crippen LogP contribution in [0.5, 0.6) is 5.75 Å².